The van der Waals surface area contributed by atoms with E-state index in [1.807, 2.05) is 73.7 Å². The van der Waals surface area contributed by atoms with Gasteiger partial charge in [-0.1, -0.05) is 65.4 Å². The lowest BCUT2D eigenvalue weighted by molar-refractivity contribution is -0.123. The van der Waals surface area contributed by atoms with Crippen molar-refractivity contribution in [1.82, 2.24) is 4.98 Å². The average Bonchev–Trinajstić information content (AvgIpc) is 3.76. The molecule has 1 saturated heterocycles. The summed E-state index contributed by atoms with van der Waals surface area (Å²) in [5.74, 6) is 0.626. The van der Waals surface area contributed by atoms with Crippen LogP contribution in [-0.2, 0) is 16.2 Å². The zero-order chi connectivity index (χ0) is 29.4. The topological polar surface area (TPSA) is 88.7 Å². The van der Waals surface area contributed by atoms with Gasteiger partial charge >= 0.3 is 4.87 Å². The van der Waals surface area contributed by atoms with Crippen LogP contribution in [0.25, 0.3) is 0 Å². The highest BCUT2D eigenvalue weighted by molar-refractivity contribution is 8.00. The molecule has 7 atom stereocenters. The second-order valence-corrected chi connectivity index (χ2v) is 14.2. The van der Waals surface area contributed by atoms with Crippen molar-refractivity contribution in [3.63, 3.8) is 0 Å². The zero-order valence-electron chi connectivity index (χ0n) is 23.7. The molecule has 218 valence electrons. The van der Waals surface area contributed by atoms with E-state index in [2.05, 4.69) is 11.1 Å². The van der Waals surface area contributed by atoms with Gasteiger partial charge in [0.05, 0.1) is 29.7 Å². The number of aryl methyl sites for hydroxylation is 1. The summed E-state index contributed by atoms with van der Waals surface area (Å²) in [4.78, 5) is 45.9. The van der Waals surface area contributed by atoms with Crippen LogP contribution in [-0.4, -0.2) is 29.2 Å². The lowest BCUT2D eigenvalue weighted by Crippen LogP contribution is -2.42. The molecule has 3 heterocycles. The highest BCUT2D eigenvalue weighted by atomic mass is 32.2. The minimum atomic E-state index is -0.337. The number of amides is 2. The van der Waals surface area contributed by atoms with Crippen LogP contribution in [0.15, 0.2) is 82.6 Å². The molecule has 2 saturated carbocycles. The molecular weight excluding hydrogens is 581 g/mol. The fraction of sp³-hybridized carbons (Fsp3) is 0.324. The highest BCUT2D eigenvalue weighted by Gasteiger charge is 2.69. The van der Waals surface area contributed by atoms with E-state index in [0.717, 1.165) is 33.0 Å². The quantitative estimate of drug-likeness (QED) is 0.269. The van der Waals surface area contributed by atoms with Crippen molar-refractivity contribution < 1.29 is 19.1 Å². The minimum Gasteiger partial charge on any atom is -0.493 e. The molecule has 0 spiro atoms. The van der Waals surface area contributed by atoms with E-state index in [-0.39, 0.29) is 57.4 Å². The Morgan fingerprint density at radius 1 is 0.907 bits per heavy atom. The van der Waals surface area contributed by atoms with Crippen LogP contribution in [0, 0.1) is 36.5 Å². The fourth-order valence-corrected chi connectivity index (χ4v) is 11.0. The predicted molar refractivity (Wildman–Crippen MR) is 166 cm³/mol. The van der Waals surface area contributed by atoms with Gasteiger partial charge in [-0.3, -0.25) is 19.3 Å². The van der Waals surface area contributed by atoms with Gasteiger partial charge in [-0.25, -0.2) is 0 Å². The SMILES string of the molecule is COc1cc(C2c3sc(=O)[nH]c3SC3C2[C@H]2C[C@@H]3C3C(=O)N(c4ccc(C)cc4)C(=O)C32)ccc1OCc1ccccc1. The maximum atomic E-state index is 14.0. The number of methoxy groups -OCH3 is 1. The Kier molecular flexibility index (Phi) is 6.31. The molecule has 3 fully saturated rings. The molecule has 8 rings (SSSR count). The first-order chi connectivity index (χ1) is 20.9. The Hall–Kier alpha value is -3.82. The van der Waals surface area contributed by atoms with E-state index in [9.17, 15) is 14.4 Å². The first-order valence-electron chi connectivity index (χ1n) is 14.6. The molecule has 2 amide bonds. The number of imide groups is 1. The van der Waals surface area contributed by atoms with Crippen molar-refractivity contribution in [1.29, 1.82) is 0 Å². The lowest BCUT2D eigenvalue weighted by Gasteiger charge is -2.43. The summed E-state index contributed by atoms with van der Waals surface area (Å²) in [6.45, 7) is 2.42. The number of rotatable bonds is 6. The third-order valence-corrected chi connectivity index (χ3v) is 12.4. The number of fused-ring (bicyclic) bond motifs is 9. The van der Waals surface area contributed by atoms with Gasteiger partial charge in [0.25, 0.3) is 0 Å². The number of thioether (sulfide) groups is 1. The Morgan fingerprint density at radius 3 is 2.40 bits per heavy atom. The average molecular weight is 611 g/mol. The van der Waals surface area contributed by atoms with Crippen molar-refractivity contribution in [2.24, 2.45) is 29.6 Å². The lowest BCUT2D eigenvalue weighted by atomic mass is 9.68. The van der Waals surface area contributed by atoms with Crippen LogP contribution in [0.5, 0.6) is 11.5 Å². The van der Waals surface area contributed by atoms with Crippen LogP contribution in [0.4, 0.5) is 5.69 Å². The van der Waals surface area contributed by atoms with Crippen LogP contribution < -0.4 is 19.2 Å². The second kappa shape index (κ2) is 10.1. The summed E-state index contributed by atoms with van der Waals surface area (Å²) >= 11 is 2.95. The molecule has 2 bridgehead atoms. The third-order valence-electron chi connectivity index (χ3n) is 9.80. The fourth-order valence-electron chi connectivity index (χ4n) is 8.07. The first-order valence-corrected chi connectivity index (χ1v) is 16.3. The van der Waals surface area contributed by atoms with Gasteiger partial charge < -0.3 is 14.5 Å². The molecule has 2 aliphatic carbocycles. The number of aromatic nitrogens is 1. The van der Waals surface area contributed by atoms with Crippen LogP contribution >= 0.6 is 23.1 Å². The number of benzene rings is 3. The van der Waals surface area contributed by atoms with E-state index >= 15 is 0 Å². The number of aromatic amines is 1. The summed E-state index contributed by atoms with van der Waals surface area (Å²) in [5, 5.41) is 1.02. The van der Waals surface area contributed by atoms with Gasteiger partial charge in [0, 0.05) is 16.0 Å². The molecule has 4 aliphatic rings. The monoisotopic (exact) mass is 610 g/mol. The Morgan fingerprint density at radius 2 is 1.65 bits per heavy atom. The van der Waals surface area contributed by atoms with Crippen LogP contribution in [0.3, 0.4) is 0 Å². The number of hydrogen-bond donors (Lipinski definition) is 1. The number of nitrogens with one attached hydrogen (secondary N) is 1. The molecule has 43 heavy (non-hydrogen) atoms. The van der Waals surface area contributed by atoms with E-state index in [0.29, 0.717) is 23.8 Å². The van der Waals surface area contributed by atoms with Gasteiger partial charge in [-0.2, -0.15) is 0 Å². The van der Waals surface area contributed by atoms with E-state index in [4.69, 9.17) is 9.47 Å². The van der Waals surface area contributed by atoms with Gasteiger partial charge in [0.2, 0.25) is 11.8 Å². The molecule has 1 aromatic heterocycles. The molecule has 3 aromatic carbocycles. The Bertz CT molecular complexity index is 1800. The first kappa shape index (κ1) is 26.8. The van der Waals surface area contributed by atoms with Gasteiger partial charge in [-0.05, 0) is 66.5 Å². The number of anilines is 1. The summed E-state index contributed by atoms with van der Waals surface area (Å²) in [7, 11) is 1.64. The number of thiazole rings is 1. The number of carbonyl (C=O) groups excluding carboxylic acids is 2. The number of nitrogens with zero attached hydrogens (tertiary/aromatic N) is 1. The molecule has 1 N–H and O–H groups in total. The van der Waals surface area contributed by atoms with Crippen molar-refractivity contribution >= 4 is 40.6 Å². The summed E-state index contributed by atoms with van der Waals surface area (Å²) in [6, 6.07) is 23.7. The number of ether oxygens (including phenoxy) is 2. The van der Waals surface area contributed by atoms with Crippen molar-refractivity contribution in [2.45, 2.75) is 36.1 Å². The zero-order valence-corrected chi connectivity index (χ0v) is 25.3. The van der Waals surface area contributed by atoms with Crippen LogP contribution in [0.1, 0.15) is 33.9 Å². The normalized spacial score (nSPS) is 28.5. The minimum absolute atomic E-state index is 0.0507. The Labute approximate surface area is 257 Å². The van der Waals surface area contributed by atoms with E-state index in [1.54, 1.807) is 18.9 Å². The van der Waals surface area contributed by atoms with Crippen molar-refractivity contribution in [3.8, 4) is 11.5 Å². The number of hydrogen-bond acceptors (Lipinski definition) is 7. The molecule has 4 aromatic rings. The standard InChI is InChI=1S/C34H30N2O5S2/c1-17-8-11-20(12-9-17)36-32(37)27-21-15-22(28(27)33(36)38)29-26(21)25(30-31(42-29)35-34(39)43-30)19-10-13-23(24(14-19)40-2)41-16-18-6-4-3-5-7-18/h3-14,21-22,25-29H,15-16H2,1-2H3,(H,35,39)/t21-,22-,25?,26?,27?,28?,29?/m1/s1. The maximum absolute atomic E-state index is 14.0. The number of H-pyrrole nitrogens is 1. The van der Waals surface area contributed by atoms with Gasteiger partial charge in [0.15, 0.2) is 11.5 Å². The molecule has 7 nitrogen and oxygen atoms in total. The van der Waals surface area contributed by atoms with Crippen molar-refractivity contribution in [2.75, 3.05) is 12.0 Å². The predicted octanol–water partition coefficient (Wildman–Crippen LogP) is 6.01. The second-order valence-electron chi connectivity index (χ2n) is 12.0. The van der Waals surface area contributed by atoms with Gasteiger partial charge in [0.1, 0.15) is 6.61 Å². The Balaban J connectivity index is 1.16. The molecule has 0 radical (unpaired) electrons. The van der Waals surface area contributed by atoms with E-state index < -0.39 is 0 Å². The molecule has 9 heteroatoms. The van der Waals surface area contributed by atoms with E-state index in [1.165, 1.54) is 16.2 Å². The number of carbonyl (C=O) groups is 2. The van der Waals surface area contributed by atoms with Gasteiger partial charge in [-0.15, -0.1) is 11.8 Å². The maximum Gasteiger partial charge on any atom is 0.305 e. The summed E-state index contributed by atoms with van der Waals surface area (Å²) in [5.41, 5.74) is 3.84. The van der Waals surface area contributed by atoms with Crippen LogP contribution in [0.2, 0.25) is 0 Å². The smallest absolute Gasteiger partial charge is 0.305 e. The summed E-state index contributed by atoms with van der Waals surface area (Å²) < 4.78 is 11.9. The van der Waals surface area contributed by atoms with Crippen molar-refractivity contribution in [3.05, 3.63) is 104 Å². The highest BCUT2D eigenvalue weighted by Crippen LogP contribution is 2.68. The molecule has 2 aliphatic heterocycles. The molecular formula is C34H30N2O5S2. The third kappa shape index (κ3) is 4.12. The summed E-state index contributed by atoms with van der Waals surface area (Å²) in [6.07, 6.45) is 0.849. The largest absolute Gasteiger partial charge is 0.493 e. The molecule has 5 unspecified atom stereocenters.